The van der Waals surface area contributed by atoms with Crippen molar-refractivity contribution in [2.45, 2.75) is 71.1 Å². The average molecular weight is 440 g/mol. The first kappa shape index (κ1) is 25.4. The molecule has 2 aromatic rings. The smallest absolute Gasteiger partial charge is 0.343 e. The number of carbonyl (C=O) groups is 1. The van der Waals surface area contributed by atoms with Crippen LogP contribution in [0, 0.1) is 0 Å². The Bertz CT molecular complexity index is 864. The second-order valence-electron chi connectivity index (χ2n) is 8.08. The van der Waals surface area contributed by atoms with Crippen molar-refractivity contribution in [1.29, 1.82) is 0 Å². The zero-order chi connectivity index (χ0) is 23.0. The molecule has 2 rings (SSSR count). The number of esters is 1. The molecule has 2 aromatic carbocycles. The lowest BCUT2D eigenvalue weighted by Gasteiger charge is -2.05. The normalized spacial score (nSPS) is 10.6. The summed E-state index contributed by atoms with van der Waals surface area (Å²) < 4.78 is 10.4. The fourth-order valence-electron chi connectivity index (χ4n) is 3.48. The third-order valence-electron chi connectivity index (χ3n) is 5.46. The van der Waals surface area contributed by atoms with E-state index in [-0.39, 0.29) is 11.2 Å². The molecule has 0 saturated heterocycles. The summed E-state index contributed by atoms with van der Waals surface area (Å²) in [4.78, 5) is 24.6. The number of hydrogen-bond acceptors (Lipinski definition) is 5. The molecule has 32 heavy (non-hydrogen) atoms. The summed E-state index contributed by atoms with van der Waals surface area (Å²) >= 11 is 0. The van der Waals surface area contributed by atoms with Crippen LogP contribution in [0.25, 0.3) is 0 Å². The molecular formula is C27H37NO4. The quantitative estimate of drug-likeness (QED) is 0.250. The first-order valence-electron chi connectivity index (χ1n) is 11.9. The highest BCUT2D eigenvalue weighted by atomic mass is 16.5. The van der Waals surface area contributed by atoms with Crippen LogP contribution >= 0.6 is 0 Å². The van der Waals surface area contributed by atoms with Crippen molar-refractivity contribution >= 4 is 11.7 Å². The number of carbonyl (C=O) groups excluding carboxylic acids is 1. The van der Waals surface area contributed by atoms with Gasteiger partial charge in [0.2, 0.25) is 5.43 Å². The molecular weight excluding hydrogens is 402 g/mol. The van der Waals surface area contributed by atoms with Gasteiger partial charge >= 0.3 is 5.97 Å². The minimum Gasteiger partial charge on any atom is -0.497 e. The lowest BCUT2D eigenvalue weighted by Crippen LogP contribution is -2.13. The summed E-state index contributed by atoms with van der Waals surface area (Å²) in [6, 6.07) is 13.0. The first-order valence-corrected chi connectivity index (χ1v) is 11.9. The van der Waals surface area contributed by atoms with Gasteiger partial charge in [-0.1, -0.05) is 64.7 Å². The number of hydrogen-bond donors (Lipinski definition) is 1. The molecule has 0 aromatic heterocycles. The largest absolute Gasteiger partial charge is 0.497 e. The van der Waals surface area contributed by atoms with Crippen LogP contribution in [0.1, 0.15) is 81.5 Å². The van der Waals surface area contributed by atoms with Crippen LogP contribution in [-0.2, 0) is 0 Å². The van der Waals surface area contributed by atoms with Crippen molar-refractivity contribution in [2.75, 3.05) is 19.0 Å². The zero-order valence-corrected chi connectivity index (χ0v) is 19.5. The summed E-state index contributed by atoms with van der Waals surface area (Å²) in [5.74, 6) is 0.0870. The van der Waals surface area contributed by atoms with Crippen molar-refractivity contribution in [3.8, 4) is 11.5 Å². The van der Waals surface area contributed by atoms with E-state index in [1.807, 2.05) is 0 Å². The van der Waals surface area contributed by atoms with E-state index < -0.39 is 5.97 Å². The fraction of sp³-hybridized carbons (Fsp3) is 0.481. The second-order valence-corrected chi connectivity index (χ2v) is 8.08. The SMILES string of the molecule is CCCCCCCCCCCCNc1ccc(OC(=O)c2ccc(OC)cc2)c(=O)cc1. The number of ether oxygens (including phenoxy) is 2. The van der Waals surface area contributed by atoms with E-state index in [9.17, 15) is 9.59 Å². The summed E-state index contributed by atoms with van der Waals surface area (Å²) in [5.41, 5.74) is 0.861. The number of rotatable bonds is 15. The lowest BCUT2D eigenvalue weighted by molar-refractivity contribution is 0.0733. The molecule has 0 saturated carbocycles. The van der Waals surface area contributed by atoms with Gasteiger partial charge in [0.05, 0.1) is 12.7 Å². The highest BCUT2D eigenvalue weighted by molar-refractivity contribution is 5.91. The molecule has 1 N–H and O–H groups in total. The number of benzene rings is 1. The van der Waals surface area contributed by atoms with Gasteiger partial charge in [-0.05, 0) is 55.0 Å². The molecule has 0 fully saturated rings. The van der Waals surface area contributed by atoms with Gasteiger partial charge in [-0.25, -0.2) is 4.79 Å². The Morgan fingerprint density at radius 3 is 2.00 bits per heavy atom. The minimum absolute atomic E-state index is 0.0119. The Morgan fingerprint density at radius 1 is 0.781 bits per heavy atom. The van der Waals surface area contributed by atoms with Gasteiger partial charge in [0.15, 0.2) is 5.75 Å². The maximum atomic E-state index is 12.3. The maximum Gasteiger partial charge on any atom is 0.343 e. The Hall–Kier alpha value is -2.82. The molecule has 0 spiro atoms. The van der Waals surface area contributed by atoms with Gasteiger partial charge in [0.1, 0.15) is 5.75 Å². The molecule has 0 heterocycles. The van der Waals surface area contributed by atoms with Crippen LogP contribution in [0.5, 0.6) is 11.5 Å². The van der Waals surface area contributed by atoms with E-state index in [1.54, 1.807) is 49.6 Å². The molecule has 0 bridgehead atoms. The lowest BCUT2D eigenvalue weighted by atomic mass is 10.1. The molecule has 0 unspecified atom stereocenters. The minimum atomic E-state index is -0.573. The molecule has 0 aliphatic carbocycles. The van der Waals surface area contributed by atoms with Crippen molar-refractivity contribution in [3.63, 3.8) is 0 Å². The van der Waals surface area contributed by atoms with Crippen molar-refractivity contribution in [3.05, 3.63) is 64.3 Å². The number of anilines is 1. The van der Waals surface area contributed by atoms with Gasteiger partial charge in [-0.15, -0.1) is 0 Å². The van der Waals surface area contributed by atoms with E-state index in [4.69, 9.17) is 9.47 Å². The molecule has 0 atom stereocenters. The van der Waals surface area contributed by atoms with Crippen LogP contribution in [0.15, 0.2) is 53.3 Å². The molecule has 0 amide bonds. The fourth-order valence-corrected chi connectivity index (χ4v) is 3.48. The van der Waals surface area contributed by atoms with Crippen LogP contribution in [0.2, 0.25) is 0 Å². The summed E-state index contributed by atoms with van der Waals surface area (Å²) in [5, 5.41) is 3.35. The van der Waals surface area contributed by atoms with E-state index in [0.717, 1.165) is 18.7 Å². The summed E-state index contributed by atoms with van der Waals surface area (Å²) in [6.45, 7) is 3.11. The monoisotopic (exact) mass is 439 g/mol. The summed E-state index contributed by atoms with van der Waals surface area (Å²) in [6.07, 6.45) is 13.0. The second kappa shape index (κ2) is 15.1. The van der Waals surface area contributed by atoms with E-state index in [2.05, 4.69) is 12.2 Å². The predicted molar refractivity (Wildman–Crippen MR) is 131 cm³/mol. The third kappa shape index (κ3) is 9.54. The topological polar surface area (TPSA) is 64.6 Å². The van der Waals surface area contributed by atoms with Gasteiger partial charge in [-0.2, -0.15) is 0 Å². The molecule has 0 radical (unpaired) electrons. The number of unbranched alkanes of at least 4 members (excludes halogenated alkanes) is 9. The number of nitrogens with one attached hydrogen (secondary N) is 1. The predicted octanol–water partition coefficient (Wildman–Crippen LogP) is 6.61. The van der Waals surface area contributed by atoms with Gasteiger partial charge in [0.25, 0.3) is 0 Å². The Morgan fingerprint density at radius 2 is 1.38 bits per heavy atom. The Balaban J connectivity index is 1.72. The van der Waals surface area contributed by atoms with Gasteiger partial charge < -0.3 is 14.8 Å². The van der Waals surface area contributed by atoms with Crippen LogP contribution in [0.3, 0.4) is 0 Å². The van der Waals surface area contributed by atoms with Crippen LogP contribution < -0.4 is 20.2 Å². The number of methoxy groups -OCH3 is 1. The van der Waals surface area contributed by atoms with Crippen molar-refractivity contribution in [2.24, 2.45) is 0 Å². The van der Waals surface area contributed by atoms with E-state index in [1.165, 1.54) is 63.9 Å². The Labute approximate surface area is 192 Å². The highest BCUT2D eigenvalue weighted by Gasteiger charge is 2.10. The van der Waals surface area contributed by atoms with Gasteiger partial charge in [0, 0.05) is 12.2 Å². The first-order chi connectivity index (χ1) is 15.6. The van der Waals surface area contributed by atoms with E-state index in [0.29, 0.717) is 11.3 Å². The van der Waals surface area contributed by atoms with Crippen molar-refractivity contribution < 1.29 is 14.3 Å². The maximum absolute atomic E-state index is 12.3. The van der Waals surface area contributed by atoms with Crippen LogP contribution in [-0.4, -0.2) is 19.6 Å². The molecule has 5 nitrogen and oxygen atoms in total. The average Bonchev–Trinajstić information content (AvgIpc) is 2.99. The summed E-state index contributed by atoms with van der Waals surface area (Å²) in [7, 11) is 1.56. The highest BCUT2D eigenvalue weighted by Crippen LogP contribution is 2.15. The third-order valence-corrected chi connectivity index (χ3v) is 5.46. The molecule has 5 heteroatoms. The molecule has 174 valence electrons. The van der Waals surface area contributed by atoms with Gasteiger partial charge in [-0.3, -0.25) is 4.79 Å². The van der Waals surface area contributed by atoms with E-state index >= 15 is 0 Å². The van der Waals surface area contributed by atoms with Crippen molar-refractivity contribution in [1.82, 2.24) is 0 Å². The van der Waals surface area contributed by atoms with Crippen LogP contribution in [0.4, 0.5) is 5.69 Å². The molecule has 0 aliphatic heterocycles. The molecule has 0 aliphatic rings. The Kier molecular flexibility index (Phi) is 12.0. The zero-order valence-electron chi connectivity index (χ0n) is 19.5. The standard InChI is InChI=1S/C27H37NO4/c1-3-4-5-6-7-8-9-10-11-12-21-28-23-15-19-25(29)26(20-16-23)32-27(30)22-13-17-24(31-2)18-14-22/h13-20,28H,3-12,21H2,1-2H3.